The summed E-state index contributed by atoms with van der Waals surface area (Å²) in [7, 11) is 0. The minimum Gasteiger partial charge on any atom is -0.396 e. The molecule has 0 bridgehead atoms. The molecule has 1 aromatic carbocycles. The fourth-order valence-corrected chi connectivity index (χ4v) is 3.11. The number of hydrogen-bond donors (Lipinski definition) is 1. The van der Waals surface area contributed by atoms with Crippen LogP contribution in [0.25, 0.3) is 0 Å². The number of aliphatic hydroxyl groups is 1. The molecule has 1 N–H and O–H groups in total. The van der Waals surface area contributed by atoms with Gasteiger partial charge in [-0.1, -0.05) is 31.5 Å². The fourth-order valence-electron chi connectivity index (χ4n) is 3.11. The molecule has 0 radical (unpaired) electrons. The molecule has 0 aromatic heterocycles. The van der Waals surface area contributed by atoms with E-state index in [1.807, 2.05) is 0 Å². The summed E-state index contributed by atoms with van der Waals surface area (Å²) in [5.74, 6) is 0.430. The number of aryl methyl sites for hydroxylation is 2. The van der Waals surface area contributed by atoms with Crippen LogP contribution in [0.1, 0.15) is 31.4 Å². The van der Waals surface area contributed by atoms with Crippen LogP contribution >= 0.6 is 0 Å². The number of nitrogens with zero attached hydrogens (tertiary/aromatic N) is 1. The molecule has 0 amide bonds. The first-order valence-electron chi connectivity index (χ1n) is 6.87. The van der Waals surface area contributed by atoms with E-state index < -0.39 is 0 Å². The molecule has 2 nitrogen and oxygen atoms in total. The highest BCUT2D eigenvalue weighted by molar-refractivity contribution is 5.54. The van der Waals surface area contributed by atoms with Gasteiger partial charge in [0.2, 0.25) is 0 Å². The van der Waals surface area contributed by atoms with Crippen molar-refractivity contribution in [1.29, 1.82) is 0 Å². The quantitative estimate of drug-likeness (QED) is 0.868. The van der Waals surface area contributed by atoms with Gasteiger partial charge >= 0.3 is 0 Å². The lowest BCUT2D eigenvalue weighted by atomic mass is 9.74. The standard InChI is InChI=1S/C16H25NO/c1-12-5-6-15(13(2)9-12)17-8-7-14(10-18)16(3,4)11-17/h5-6,9,14,18H,7-8,10-11H2,1-4H3. The Labute approximate surface area is 111 Å². The molecule has 1 saturated heterocycles. The Morgan fingerprint density at radius 1 is 1.33 bits per heavy atom. The van der Waals surface area contributed by atoms with Crippen molar-refractivity contribution in [2.24, 2.45) is 11.3 Å². The van der Waals surface area contributed by atoms with Crippen LogP contribution in [0.5, 0.6) is 0 Å². The van der Waals surface area contributed by atoms with Crippen LogP contribution in [0, 0.1) is 25.2 Å². The second-order valence-corrected chi connectivity index (χ2v) is 6.37. The van der Waals surface area contributed by atoms with Gasteiger partial charge in [0, 0.05) is 25.4 Å². The number of benzene rings is 1. The van der Waals surface area contributed by atoms with Crippen molar-refractivity contribution in [3.63, 3.8) is 0 Å². The first-order chi connectivity index (χ1) is 8.44. The maximum absolute atomic E-state index is 9.46. The van der Waals surface area contributed by atoms with Gasteiger partial charge < -0.3 is 10.0 Å². The van der Waals surface area contributed by atoms with Crippen LogP contribution in [0.3, 0.4) is 0 Å². The smallest absolute Gasteiger partial charge is 0.0465 e. The average molecular weight is 247 g/mol. The predicted molar refractivity (Wildman–Crippen MR) is 77.1 cm³/mol. The minimum absolute atomic E-state index is 0.185. The second-order valence-electron chi connectivity index (χ2n) is 6.37. The zero-order valence-corrected chi connectivity index (χ0v) is 12.0. The highest BCUT2D eigenvalue weighted by Gasteiger charge is 2.35. The van der Waals surface area contributed by atoms with E-state index in [0.29, 0.717) is 12.5 Å². The third-order valence-electron chi connectivity index (χ3n) is 4.36. The van der Waals surface area contributed by atoms with Crippen molar-refractivity contribution in [2.75, 3.05) is 24.6 Å². The molecule has 1 unspecified atom stereocenters. The molecule has 100 valence electrons. The van der Waals surface area contributed by atoms with Crippen LogP contribution < -0.4 is 4.90 Å². The Bertz CT molecular complexity index is 425. The van der Waals surface area contributed by atoms with Crippen molar-refractivity contribution in [2.45, 2.75) is 34.1 Å². The molecule has 1 aliphatic heterocycles. The number of rotatable bonds is 2. The Morgan fingerprint density at radius 2 is 2.06 bits per heavy atom. The van der Waals surface area contributed by atoms with Gasteiger partial charge in [0.1, 0.15) is 0 Å². The normalized spacial score (nSPS) is 23.2. The largest absolute Gasteiger partial charge is 0.396 e. The highest BCUT2D eigenvalue weighted by Crippen LogP contribution is 2.37. The molecule has 2 heteroatoms. The summed E-state index contributed by atoms with van der Waals surface area (Å²) in [5.41, 5.74) is 4.21. The van der Waals surface area contributed by atoms with Crippen molar-refractivity contribution >= 4 is 5.69 Å². The van der Waals surface area contributed by atoms with E-state index in [1.165, 1.54) is 16.8 Å². The zero-order chi connectivity index (χ0) is 13.3. The van der Waals surface area contributed by atoms with Crippen LogP contribution in [0.4, 0.5) is 5.69 Å². The van der Waals surface area contributed by atoms with Crippen molar-refractivity contribution in [3.05, 3.63) is 29.3 Å². The van der Waals surface area contributed by atoms with E-state index >= 15 is 0 Å². The van der Waals surface area contributed by atoms with Crippen molar-refractivity contribution in [1.82, 2.24) is 0 Å². The van der Waals surface area contributed by atoms with Crippen LogP contribution in [0.2, 0.25) is 0 Å². The lowest BCUT2D eigenvalue weighted by Crippen LogP contribution is -2.47. The first-order valence-corrected chi connectivity index (χ1v) is 6.87. The highest BCUT2D eigenvalue weighted by atomic mass is 16.3. The summed E-state index contributed by atoms with van der Waals surface area (Å²) >= 11 is 0. The van der Waals surface area contributed by atoms with Crippen LogP contribution in [0.15, 0.2) is 18.2 Å². The molecule has 1 fully saturated rings. The van der Waals surface area contributed by atoms with Gasteiger partial charge in [0.25, 0.3) is 0 Å². The molecule has 0 aliphatic carbocycles. The molecule has 0 saturated carbocycles. The molecular weight excluding hydrogens is 222 g/mol. The maximum Gasteiger partial charge on any atom is 0.0465 e. The monoisotopic (exact) mass is 247 g/mol. The molecule has 1 heterocycles. The summed E-state index contributed by atoms with van der Waals surface area (Å²) in [6.45, 7) is 11.3. The van der Waals surface area contributed by atoms with E-state index in [9.17, 15) is 5.11 Å². The Hall–Kier alpha value is -1.02. The van der Waals surface area contributed by atoms with E-state index in [1.54, 1.807) is 0 Å². The molecule has 0 spiro atoms. The SMILES string of the molecule is Cc1ccc(N2CCC(CO)C(C)(C)C2)c(C)c1. The minimum atomic E-state index is 0.185. The van der Waals surface area contributed by atoms with Gasteiger partial charge in [0.15, 0.2) is 0 Å². The van der Waals surface area contributed by atoms with Crippen molar-refractivity contribution in [3.8, 4) is 0 Å². The third-order valence-corrected chi connectivity index (χ3v) is 4.36. The summed E-state index contributed by atoms with van der Waals surface area (Å²) in [6, 6.07) is 6.67. The number of anilines is 1. The lowest BCUT2D eigenvalue weighted by Gasteiger charge is -2.45. The van der Waals surface area contributed by atoms with E-state index in [2.05, 4.69) is 50.8 Å². The van der Waals surface area contributed by atoms with Gasteiger partial charge in [0.05, 0.1) is 0 Å². The molecule has 1 aliphatic rings. The van der Waals surface area contributed by atoms with Gasteiger partial charge in [-0.15, -0.1) is 0 Å². The summed E-state index contributed by atoms with van der Waals surface area (Å²) in [4.78, 5) is 2.47. The molecular formula is C16H25NO. The zero-order valence-electron chi connectivity index (χ0n) is 12.0. The topological polar surface area (TPSA) is 23.5 Å². The summed E-state index contributed by atoms with van der Waals surface area (Å²) in [6.07, 6.45) is 1.08. The van der Waals surface area contributed by atoms with Gasteiger partial charge in [-0.3, -0.25) is 0 Å². The Kier molecular flexibility index (Phi) is 3.67. The first kappa shape index (κ1) is 13.4. The molecule has 18 heavy (non-hydrogen) atoms. The predicted octanol–water partition coefficient (Wildman–Crippen LogP) is 3.15. The lowest BCUT2D eigenvalue weighted by molar-refractivity contribution is 0.0972. The summed E-state index contributed by atoms with van der Waals surface area (Å²) < 4.78 is 0. The molecule has 1 atom stereocenters. The van der Waals surface area contributed by atoms with E-state index in [-0.39, 0.29) is 5.41 Å². The van der Waals surface area contributed by atoms with Crippen LogP contribution in [-0.4, -0.2) is 24.8 Å². The average Bonchev–Trinajstić information content (AvgIpc) is 2.27. The Balaban J connectivity index is 2.21. The number of aliphatic hydroxyl groups excluding tert-OH is 1. The van der Waals surface area contributed by atoms with Gasteiger partial charge in [-0.25, -0.2) is 0 Å². The third kappa shape index (κ3) is 2.54. The Morgan fingerprint density at radius 3 is 2.61 bits per heavy atom. The van der Waals surface area contributed by atoms with Crippen molar-refractivity contribution < 1.29 is 5.11 Å². The number of hydrogen-bond acceptors (Lipinski definition) is 2. The van der Waals surface area contributed by atoms with Gasteiger partial charge in [-0.2, -0.15) is 0 Å². The van der Waals surface area contributed by atoms with Crippen LogP contribution in [-0.2, 0) is 0 Å². The summed E-state index contributed by atoms with van der Waals surface area (Å²) in [5, 5.41) is 9.46. The fraction of sp³-hybridized carbons (Fsp3) is 0.625. The van der Waals surface area contributed by atoms with E-state index in [4.69, 9.17) is 0 Å². The molecule has 2 rings (SSSR count). The maximum atomic E-state index is 9.46. The van der Waals surface area contributed by atoms with Gasteiger partial charge in [-0.05, 0) is 43.2 Å². The van der Waals surface area contributed by atoms with E-state index in [0.717, 1.165) is 19.5 Å². The second kappa shape index (κ2) is 4.93. The number of piperidine rings is 1. The molecule has 1 aromatic rings.